The van der Waals surface area contributed by atoms with E-state index in [1.165, 1.54) is 17.3 Å². The molecule has 0 saturated carbocycles. The van der Waals surface area contributed by atoms with E-state index in [9.17, 15) is 0 Å². The molecule has 0 unspecified atom stereocenters. The Morgan fingerprint density at radius 3 is 2.69 bits per heavy atom. The van der Waals surface area contributed by atoms with Crippen LogP contribution in [0.5, 0.6) is 11.5 Å². The summed E-state index contributed by atoms with van der Waals surface area (Å²) < 4.78 is 21.7. The molecule has 0 aliphatic carbocycles. The summed E-state index contributed by atoms with van der Waals surface area (Å²) in [6.07, 6.45) is 0. The number of hydrogen-bond acceptors (Lipinski definition) is 9. The van der Waals surface area contributed by atoms with Crippen LogP contribution >= 0.6 is 11.8 Å². The number of aromatic nitrogens is 4. The van der Waals surface area contributed by atoms with Crippen molar-refractivity contribution < 1.29 is 18.4 Å². The molecule has 0 spiro atoms. The summed E-state index contributed by atoms with van der Waals surface area (Å²) in [4.78, 5) is 4.39. The number of nitrogens with zero attached hydrogens (tertiary/aromatic N) is 4. The third-order valence-electron chi connectivity index (χ3n) is 3.95. The number of rotatable bonds is 8. The minimum atomic E-state index is 0.206. The highest BCUT2D eigenvalue weighted by Gasteiger charge is 2.13. The van der Waals surface area contributed by atoms with Crippen LogP contribution in [0.2, 0.25) is 0 Å². The summed E-state index contributed by atoms with van der Waals surface area (Å²) in [6.45, 7) is 2.23. The first-order valence-electron chi connectivity index (χ1n) is 8.81. The summed E-state index contributed by atoms with van der Waals surface area (Å²) in [5.74, 6) is 3.25. The van der Waals surface area contributed by atoms with E-state index >= 15 is 0 Å². The van der Waals surface area contributed by atoms with Gasteiger partial charge in [0.25, 0.3) is 11.1 Å². The molecule has 0 saturated heterocycles. The lowest BCUT2D eigenvalue weighted by atomic mass is 10.2. The molecule has 9 heteroatoms. The summed E-state index contributed by atoms with van der Waals surface area (Å²) in [7, 11) is 1.61. The highest BCUT2D eigenvalue weighted by molar-refractivity contribution is 7.98. The van der Waals surface area contributed by atoms with Crippen molar-refractivity contribution in [1.29, 1.82) is 0 Å². The van der Waals surface area contributed by atoms with E-state index in [4.69, 9.17) is 18.4 Å². The lowest BCUT2D eigenvalue weighted by Gasteiger charge is -2.02. The van der Waals surface area contributed by atoms with Crippen LogP contribution in [0.25, 0.3) is 11.4 Å². The molecule has 2 aromatic carbocycles. The quantitative estimate of drug-likeness (QED) is 0.394. The maximum atomic E-state index is 5.64. The molecule has 4 aromatic rings. The number of methoxy groups -OCH3 is 1. The Kier molecular flexibility index (Phi) is 5.76. The average molecular weight is 410 g/mol. The smallest absolute Gasteiger partial charge is 0.277 e. The zero-order chi connectivity index (χ0) is 20.1. The van der Waals surface area contributed by atoms with Gasteiger partial charge in [0.2, 0.25) is 11.7 Å². The normalized spacial score (nSPS) is 10.8. The van der Waals surface area contributed by atoms with Crippen molar-refractivity contribution in [2.45, 2.75) is 24.5 Å². The fourth-order valence-corrected chi connectivity index (χ4v) is 3.07. The van der Waals surface area contributed by atoms with E-state index in [0.717, 1.165) is 17.1 Å². The van der Waals surface area contributed by atoms with E-state index in [1.807, 2.05) is 55.5 Å². The van der Waals surface area contributed by atoms with E-state index in [1.54, 1.807) is 7.11 Å². The molecule has 8 nitrogen and oxygen atoms in total. The lowest BCUT2D eigenvalue weighted by molar-refractivity contribution is 0.252. The van der Waals surface area contributed by atoms with Crippen LogP contribution in [0.15, 0.2) is 62.7 Å². The van der Waals surface area contributed by atoms with Crippen LogP contribution in [0.4, 0.5) is 0 Å². The summed E-state index contributed by atoms with van der Waals surface area (Å²) in [5.41, 5.74) is 1.99. The molecule has 0 atom stereocenters. The van der Waals surface area contributed by atoms with Gasteiger partial charge in [0.05, 0.1) is 12.9 Å². The molecule has 0 N–H and O–H groups in total. The van der Waals surface area contributed by atoms with Gasteiger partial charge in [-0.1, -0.05) is 46.7 Å². The first kappa shape index (κ1) is 19.0. The third kappa shape index (κ3) is 4.94. The van der Waals surface area contributed by atoms with Crippen molar-refractivity contribution in [3.63, 3.8) is 0 Å². The van der Waals surface area contributed by atoms with E-state index in [-0.39, 0.29) is 6.61 Å². The van der Waals surface area contributed by atoms with Crippen LogP contribution in [-0.2, 0) is 12.4 Å². The summed E-state index contributed by atoms with van der Waals surface area (Å²) in [5, 5.41) is 12.4. The fourth-order valence-electron chi connectivity index (χ4n) is 2.45. The second-order valence-corrected chi connectivity index (χ2v) is 7.02. The lowest BCUT2D eigenvalue weighted by Crippen LogP contribution is -1.95. The molecule has 0 aliphatic heterocycles. The molecule has 0 radical (unpaired) electrons. The van der Waals surface area contributed by atoms with E-state index < -0.39 is 0 Å². The van der Waals surface area contributed by atoms with E-state index in [2.05, 4.69) is 20.3 Å². The molecule has 4 rings (SSSR count). The predicted molar refractivity (Wildman–Crippen MR) is 106 cm³/mol. The van der Waals surface area contributed by atoms with Crippen molar-refractivity contribution in [3.8, 4) is 22.9 Å². The minimum absolute atomic E-state index is 0.206. The molecule has 2 heterocycles. The number of aryl methyl sites for hydroxylation is 1. The van der Waals surface area contributed by atoms with Crippen LogP contribution in [0.1, 0.15) is 17.3 Å². The fraction of sp³-hybridized carbons (Fsp3) is 0.200. The zero-order valence-electron chi connectivity index (χ0n) is 15.9. The first-order chi connectivity index (χ1) is 14.2. The van der Waals surface area contributed by atoms with Crippen LogP contribution in [0, 0.1) is 6.92 Å². The molecule has 2 aromatic heterocycles. The maximum absolute atomic E-state index is 5.64. The van der Waals surface area contributed by atoms with Gasteiger partial charge in [-0.3, -0.25) is 0 Å². The minimum Gasteiger partial charge on any atom is -0.497 e. The predicted octanol–water partition coefficient (Wildman–Crippen LogP) is 4.31. The highest BCUT2D eigenvalue weighted by Crippen LogP contribution is 2.25. The third-order valence-corrected chi connectivity index (χ3v) is 4.75. The van der Waals surface area contributed by atoms with Crippen molar-refractivity contribution in [2.75, 3.05) is 7.11 Å². The Bertz CT molecular complexity index is 1080. The Labute approximate surface area is 171 Å². The molecular weight excluding hydrogens is 392 g/mol. The van der Waals surface area contributed by atoms with Gasteiger partial charge >= 0.3 is 0 Å². The van der Waals surface area contributed by atoms with Crippen LogP contribution in [0.3, 0.4) is 0 Å². The van der Waals surface area contributed by atoms with Gasteiger partial charge in [0.15, 0.2) is 6.61 Å². The van der Waals surface area contributed by atoms with E-state index in [0.29, 0.717) is 28.6 Å². The van der Waals surface area contributed by atoms with Crippen molar-refractivity contribution in [2.24, 2.45) is 0 Å². The summed E-state index contributed by atoms with van der Waals surface area (Å²) >= 11 is 1.32. The number of hydrogen-bond donors (Lipinski definition) is 0. The van der Waals surface area contributed by atoms with Crippen LogP contribution in [-0.4, -0.2) is 27.4 Å². The maximum Gasteiger partial charge on any atom is 0.277 e. The molecule has 148 valence electrons. The molecule has 0 bridgehead atoms. The zero-order valence-corrected chi connectivity index (χ0v) is 16.7. The topological polar surface area (TPSA) is 96.3 Å². The Balaban J connectivity index is 1.32. The largest absolute Gasteiger partial charge is 0.497 e. The molecule has 0 aliphatic rings. The highest BCUT2D eigenvalue weighted by atomic mass is 32.2. The van der Waals surface area contributed by atoms with Gasteiger partial charge in [0, 0.05) is 5.56 Å². The summed E-state index contributed by atoms with van der Waals surface area (Å²) in [6, 6.07) is 15.2. The SMILES string of the molecule is COc1cccc(-c2noc(CSc3nnc(COc4ccc(C)cc4)o3)n2)c1. The number of ether oxygens (including phenoxy) is 2. The average Bonchev–Trinajstić information content (AvgIpc) is 3.41. The van der Waals surface area contributed by atoms with Gasteiger partial charge in [-0.15, -0.1) is 10.2 Å². The molecular formula is C20H18N4O4S. The Morgan fingerprint density at radius 1 is 1.00 bits per heavy atom. The van der Waals surface area contributed by atoms with Crippen molar-refractivity contribution in [3.05, 3.63) is 65.9 Å². The Hall–Kier alpha value is -3.33. The van der Waals surface area contributed by atoms with Gasteiger partial charge in [-0.25, -0.2) is 0 Å². The number of thioether (sulfide) groups is 1. The van der Waals surface area contributed by atoms with Crippen molar-refractivity contribution in [1.82, 2.24) is 20.3 Å². The molecule has 0 fully saturated rings. The standard InChI is InChI=1S/C20H18N4O4S/c1-13-6-8-15(9-7-13)26-11-17-22-23-20(27-17)29-12-18-21-19(24-28-18)14-4-3-5-16(10-14)25-2/h3-10H,11-12H2,1-2H3. The second kappa shape index (κ2) is 8.78. The Morgan fingerprint density at radius 2 is 1.86 bits per heavy atom. The van der Waals surface area contributed by atoms with Gasteiger partial charge in [-0.05, 0) is 31.2 Å². The molecule has 29 heavy (non-hydrogen) atoms. The van der Waals surface area contributed by atoms with Crippen molar-refractivity contribution >= 4 is 11.8 Å². The van der Waals surface area contributed by atoms with Gasteiger partial charge in [0.1, 0.15) is 11.5 Å². The second-order valence-electron chi connectivity index (χ2n) is 6.10. The number of benzene rings is 2. The van der Waals surface area contributed by atoms with Crippen LogP contribution < -0.4 is 9.47 Å². The first-order valence-corrected chi connectivity index (χ1v) is 9.80. The molecule has 0 amide bonds. The van der Waals surface area contributed by atoms with Gasteiger partial charge < -0.3 is 18.4 Å². The monoisotopic (exact) mass is 410 g/mol. The van der Waals surface area contributed by atoms with Gasteiger partial charge in [-0.2, -0.15) is 4.98 Å².